The topological polar surface area (TPSA) is 78.9 Å². The normalized spacial score (nSPS) is 12.1. The van der Waals surface area contributed by atoms with E-state index in [0.29, 0.717) is 19.3 Å². The van der Waals surface area contributed by atoms with Crippen molar-refractivity contribution in [3.05, 3.63) is 24.3 Å². The summed E-state index contributed by atoms with van der Waals surface area (Å²) in [5.74, 6) is -0.848. The minimum atomic E-state index is -0.774. The molecule has 472 valence electrons. The van der Waals surface area contributed by atoms with Crippen LogP contribution in [-0.4, -0.2) is 37.2 Å². The van der Waals surface area contributed by atoms with E-state index in [1.165, 1.54) is 295 Å². The highest BCUT2D eigenvalue weighted by Gasteiger charge is 2.19. The lowest BCUT2D eigenvalue weighted by Gasteiger charge is -2.18. The molecule has 0 aromatic heterocycles. The van der Waals surface area contributed by atoms with Crippen molar-refractivity contribution in [2.45, 2.75) is 419 Å². The Bertz CT molecular complexity index is 1290. The smallest absolute Gasteiger partial charge is 0.306 e. The fourth-order valence-electron chi connectivity index (χ4n) is 11.2. The first-order chi connectivity index (χ1) is 39.5. The Morgan fingerprint density at radius 1 is 0.250 bits per heavy atom. The number of ether oxygens (including phenoxy) is 3. The lowest BCUT2D eigenvalue weighted by molar-refractivity contribution is -0.167. The molecule has 0 amide bonds. The van der Waals surface area contributed by atoms with Crippen molar-refractivity contribution in [2.24, 2.45) is 0 Å². The van der Waals surface area contributed by atoms with Crippen LogP contribution < -0.4 is 0 Å². The third kappa shape index (κ3) is 66.7. The van der Waals surface area contributed by atoms with Crippen LogP contribution in [-0.2, 0) is 28.6 Å². The van der Waals surface area contributed by atoms with E-state index in [1.807, 2.05) is 0 Å². The average Bonchev–Trinajstić information content (AvgIpc) is 3.46. The summed E-state index contributed by atoms with van der Waals surface area (Å²) < 4.78 is 17.0. The molecule has 0 saturated heterocycles. The first kappa shape index (κ1) is 77.9. The number of allylic oxidation sites excluding steroid dienone is 4. The van der Waals surface area contributed by atoms with Crippen LogP contribution in [0.5, 0.6) is 0 Å². The molecule has 80 heavy (non-hydrogen) atoms. The van der Waals surface area contributed by atoms with Gasteiger partial charge in [0.2, 0.25) is 0 Å². The third-order valence-corrected chi connectivity index (χ3v) is 16.7. The molecule has 6 nitrogen and oxygen atoms in total. The van der Waals surface area contributed by atoms with Gasteiger partial charge < -0.3 is 14.2 Å². The molecule has 0 aliphatic carbocycles. The molecule has 0 N–H and O–H groups in total. The van der Waals surface area contributed by atoms with E-state index >= 15 is 0 Å². The van der Waals surface area contributed by atoms with Crippen LogP contribution in [0.2, 0.25) is 0 Å². The van der Waals surface area contributed by atoms with Gasteiger partial charge in [-0.2, -0.15) is 0 Å². The molecule has 0 bridgehead atoms. The van der Waals surface area contributed by atoms with Gasteiger partial charge in [0, 0.05) is 19.3 Å². The molecule has 0 aliphatic rings. The van der Waals surface area contributed by atoms with Gasteiger partial charge in [0.25, 0.3) is 0 Å². The van der Waals surface area contributed by atoms with E-state index in [4.69, 9.17) is 14.2 Å². The summed E-state index contributed by atoms with van der Waals surface area (Å²) in [6.45, 7) is 6.71. The number of hydrogen-bond donors (Lipinski definition) is 0. The summed E-state index contributed by atoms with van der Waals surface area (Å²) in [4.78, 5) is 38.5. The maximum absolute atomic E-state index is 13.0. The summed E-state index contributed by atoms with van der Waals surface area (Å²) in [6, 6.07) is 0. The molecule has 0 spiro atoms. The Balaban J connectivity index is 4.27. The molecule has 0 heterocycles. The van der Waals surface area contributed by atoms with Crippen LogP contribution in [0.1, 0.15) is 412 Å². The Morgan fingerprint density at radius 3 is 0.700 bits per heavy atom. The van der Waals surface area contributed by atoms with Crippen molar-refractivity contribution in [3.63, 3.8) is 0 Å². The second-order valence-corrected chi connectivity index (χ2v) is 24.9. The molecule has 1 atom stereocenters. The van der Waals surface area contributed by atoms with Gasteiger partial charge in [-0.15, -0.1) is 0 Å². The lowest BCUT2D eigenvalue weighted by Crippen LogP contribution is -2.30. The molecule has 0 aromatic rings. The molecule has 0 radical (unpaired) electrons. The first-order valence-corrected chi connectivity index (χ1v) is 36.3. The highest BCUT2D eigenvalue weighted by Crippen LogP contribution is 2.19. The van der Waals surface area contributed by atoms with E-state index in [0.717, 1.165) is 77.0 Å². The fourth-order valence-corrected chi connectivity index (χ4v) is 11.2. The number of esters is 3. The van der Waals surface area contributed by atoms with Crippen molar-refractivity contribution >= 4 is 17.9 Å². The third-order valence-electron chi connectivity index (χ3n) is 16.7. The van der Waals surface area contributed by atoms with Gasteiger partial charge in [0.1, 0.15) is 13.2 Å². The summed E-state index contributed by atoms with van der Waals surface area (Å²) in [5, 5.41) is 0. The molecule has 0 rings (SSSR count). The van der Waals surface area contributed by atoms with Crippen molar-refractivity contribution in [1.82, 2.24) is 0 Å². The quantitative estimate of drug-likeness (QED) is 0.0261. The molecular weight excluding hydrogens is 985 g/mol. The van der Waals surface area contributed by atoms with Crippen molar-refractivity contribution in [1.29, 1.82) is 0 Å². The second kappa shape index (κ2) is 69.4. The van der Waals surface area contributed by atoms with Crippen LogP contribution >= 0.6 is 0 Å². The van der Waals surface area contributed by atoms with Crippen molar-refractivity contribution in [2.75, 3.05) is 13.2 Å². The standard InChI is InChI=1S/C74H140O6/c1-4-7-10-13-16-19-22-25-28-31-33-35-37-38-40-41-43-46-49-52-55-58-61-64-67-73(76)79-70-71(69-78-72(75)66-63-60-57-54-51-48-45-30-27-24-21-18-15-12-9-6-3)80-74(77)68-65-62-59-56-53-50-47-44-42-39-36-34-32-29-26-23-20-17-14-11-8-5-2/h21,24,30,45,71H,4-20,22-23,25-29,31-44,46-70H2,1-3H3/b24-21-,45-30-. The summed E-state index contributed by atoms with van der Waals surface area (Å²) in [5.41, 5.74) is 0. The Morgan fingerprint density at radius 2 is 0.450 bits per heavy atom. The first-order valence-electron chi connectivity index (χ1n) is 36.3. The Kier molecular flexibility index (Phi) is 67.6. The number of carbonyl (C=O) groups is 3. The monoisotopic (exact) mass is 1130 g/mol. The predicted octanol–water partition coefficient (Wildman–Crippen LogP) is 25.0. The summed E-state index contributed by atoms with van der Waals surface area (Å²) in [7, 11) is 0. The minimum Gasteiger partial charge on any atom is -0.462 e. The zero-order valence-electron chi connectivity index (χ0n) is 54.4. The SMILES string of the molecule is CCCCCC/C=C\C/C=C\CCCCCCCC(=O)OCC(COC(=O)CCCCCCCCCCCCCCCCCCCCCCCCCC)OC(=O)CCCCCCCCCCCCCCCCCCCCCCCC. The van der Waals surface area contributed by atoms with Crippen molar-refractivity contribution in [3.8, 4) is 0 Å². The van der Waals surface area contributed by atoms with E-state index in [1.54, 1.807) is 0 Å². The largest absolute Gasteiger partial charge is 0.462 e. The highest BCUT2D eigenvalue weighted by molar-refractivity contribution is 5.71. The van der Waals surface area contributed by atoms with Gasteiger partial charge in [-0.3, -0.25) is 14.4 Å². The maximum atomic E-state index is 13.0. The minimum absolute atomic E-state index is 0.0691. The van der Waals surface area contributed by atoms with E-state index in [2.05, 4.69) is 45.1 Å². The molecule has 0 aromatic carbocycles. The zero-order valence-corrected chi connectivity index (χ0v) is 54.4. The number of unbranched alkanes of at least 4 members (excludes halogenated alkanes) is 53. The second-order valence-electron chi connectivity index (χ2n) is 24.9. The van der Waals surface area contributed by atoms with Gasteiger partial charge in [-0.05, 0) is 51.4 Å². The molecule has 0 aliphatic heterocycles. The summed E-state index contributed by atoms with van der Waals surface area (Å²) >= 11 is 0. The van der Waals surface area contributed by atoms with E-state index < -0.39 is 6.10 Å². The van der Waals surface area contributed by atoms with Gasteiger partial charge in [-0.1, -0.05) is 366 Å². The van der Waals surface area contributed by atoms with E-state index in [9.17, 15) is 14.4 Å². The molecule has 6 heteroatoms. The molecule has 0 saturated carbocycles. The average molecular weight is 1130 g/mol. The predicted molar refractivity (Wildman–Crippen MR) is 349 cm³/mol. The maximum Gasteiger partial charge on any atom is 0.306 e. The Hall–Kier alpha value is -2.11. The number of rotatable bonds is 68. The van der Waals surface area contributed by atoms with Gasteiger partial charge in [0.15, 0.2) is 6.10 Å². The van der Waals surface area contributed by atoms with Crippen LogP contribution in [0.15, 0.2) is 24.3 Å². The number of hydrogen-bond acceptors (Lipinski definition) is 6. The highest BCUT2D eigenvalue weighted by atomic mass is 16.6. The summed E-state index contributed by atoms with van der Waals surface area (Å²) in [6.07, 6.45) is 85.0. The van der Waals surface area contributed by atoms with Crippen LogP contribution in [0, 0.1) is 0 Å². The lowest BCUT2D eigenvalue weighted by atomic mass is 10.0. The molecule has 1 unspecified atom stereocenters. The van der Waals surface area contributed by atoms with Crippen LogP contribution in [0.25, 0.3) is 0 Å². The molecule has 0 fully saturated rings. The van der Waals surface area contributed by atoms with Crippen LogP contribution in [0.4, 0.5) is 0 Å². The molecular formula is C74H140O6. The van der Waals surface area contributed by atoms with Gasteiger partial charge in [0.05, 0.1) is 0 Å². The van der Waals surface area contributed by atoms with Crippen molar-refractivity contribution < 1.29 is 28.6 Å². The fraction of sp³-hybridized carbons (Fsp3) is 0.905. The zero-order chi connectivity index (χ0) is 57.8. The van der Waals surface area contributed by atoms with Gasteiger partial charge >= 0.3 is 17.9 Å². The Labute approximate surface area is 500 Å². The van der Waals surface area contributed by atoms with E-state index in [-0.39, 0.29) is 31.1 Å². The van der Waals surface area contributed by atoms with Crippen LogP contribution in [0.3, 0.4) is 0 Å². The van der Waals surface area contributed by atoms with Gasteiger partial charge in [-0.25, -0.2) is 0 Å². The number of carbonyl (C=O) groups excluding carboxylic acids is 3.